The molecular weight excluding hydrogens is 375 g/mol. The van der Waals surface area contributed by atoms with Crippen LogP contribution in [0.3, 0.4) is 0 Å². The van der Waals surface area contributed by atoms with Crippen LogP contribution < -0.4 is 0 Å². The maximum Gasteiger partial charge on any atom is 0.340 e. The van der Waals surface area contributed by atoms with Gasteiger partial charge in [0.05, 0.1) is 12.2 Å². The maximum absolute atomic E-state index is 13.4. The van der Waals surface area contributed by atoms with Gasteiger partial charge in [0, 0.05) is 24.3 Å². The molecule has 6 nitrogen and oxygen atoms in total. The summed E-state index contributed by atoms with van der Waals surface area (Å²) >= 11 is 0. The number of aromatic nitrogens is 1. The van der Waals surface area contributed by atoms with Gasteiger partial charge < -0.3 is 14.6 Å². The maximum atomic E-state index is 13.4. The fraction of sp³-hybridized carbons (Fsp3) is 0.409. The van der Waals surface area contributed by atoms with E-state index in [1.807, 2.05) is 0 Å². The predicted octanol–water partition coefficient (Wildman–Crippen LogP) is 3.75. The van der Waals surface area contributed by atoms with Gasteiger partial charge in [-0.15, -0.1) is 0 Å². The summed E-state index contributed by atoms with van der Waals surface area (Å²) in [5, 5.41) is 0. The summed E-state index contributed by atoms with van der Waals surface area (Å²) in [6.07, 6.45) is 1.70. The molecule has 1 amide bonds. The van der Waals surface area contributed by atoms with Gasteiger partial charge in [-0.25, -0.2) is 9.18 Å². The zero-order valence-corrected chi connectivity index (χ0v) is 16.9. The van der Waals surface area contributed by atoms with Crippen molar-refractivity contribution in [2.24, 2.45) is 5.92 Å². The van der Waals surface area contributed by atoms with Crippen LogP contribution in [0, 0.1) is 18.7 Å². The molecule has 0 aliphatic carbocycles. The summed E-state index contributed by atoms with van der Waals surface area (Å²) in [7, 11) is 0. The number of carbonyl (C=O) groups is 3. The Balaban J connectivity index is 2.04. The molecule has 1 saturated heterocycles. The fourth-order valence-corrected chi connectivity index (χ4v) is 3.62. The van der Waals surface area contributed by atoms with E-state index in [4.69, 9.17) is 4.74 Å². The number of Topliss-reactive ketones (excluding diaryl/α,β-unsaturated/α-hetero) is 1. The summed E-state index contributed by atoms with van der Waals surface area (Å²) in [6.45, 7) is 6.67. The van der Waals surface area contributed by atoms with E-state index in [1.165, 1.54) is 24.3 Å². The summed E-state index contributed by atoms with van der Waals surface area (Å²) < 4.78 is 18.6. The molecule has 1 N–H and O–H groups in total. The van der Waals surface area contributed by atoms with E-state index in [0.29, 0.717) is 30.3 Å². The molecule has 1 fully saturated rings. The summed E-state index contributed by atoms with van der Waals surface area (Å²) in [4.78, 5) is 42.9. The largest absolute Gasteiger partial charge is 0.462 e. The Morgan fingerprint density at radius 1 is 1.17 bits per heavy atom. The number of likely N-dealkylation sites (tertiary alicyclic amines) is 1. The minimum Gasteiger partial charge on any atom is -0.462 e. The van der Waals surface area contributed by atoms with Gasteiger partial charge in [-0.2, -0.15) is 0 Å². The number of aryl methyl sites for hydroxylation is 1. The Hall–Kier alpha value is -2.96. The molecule has 7 heteroatoms. The first-order valence-corrected chi connectivity index (χ1v) is 9.82. The fourth-order valence-electron chi connectivity index (χ4n) is 3.62. The molecule has 154 valence electrons. The van der Waals surface area contributed by atoms with Crippen molar-refractivity contribution in [1.82, 2.24) is 9.88 Å². The molecule has 2 aromatic rings. The topological polar surface area (TPSA) is 79.5 Å². The van der Waals surface area contributed by atoms with E-state index in [-0.39, 0.29) is 23.4 Å². The molecule has 1 aromatic carbocycles. The molecule has 0 unspecified atom stereocenters. The predicted molar refractivity (Wildman–Crippen MR) is 106 cm³/mol. The number of halogens is 1. The molecule has 1 aliphatic rings. The van der Waals surface area contributed by atoms with E-state index in [0.717, 1.165) is 12.8 Å². The third-order valence-corrected chi connectivity index (χ3v) is 5.29. The van der Waals surface area contributed by atoms with Crippen LogP contribution in [0.25, 0.3) is 11.1 Å². The van der Waals surface area contributed by atoms with Crippen molar-refractivity contribution in [2.75, 3.05) is 19.7 Å². The summed E-state index contributed by atoms with van der Waals surface area (Å²) in [6, 6.07) is 5.44. The van der Waals surface area contributed by atoms with Crippen LogP contribution in [-0.2, 0) is 9.53 Å². The molecule has 3 rings (SSSR count). The second-order valence-corrected chi connectivity index (χ2v) is 7.41. The lowest BCUT2D eigenvalue weighted by molar-refractivity contribution is -0.127. The highest BCUT2D eigenvalue weighted by Crippen LogP contribution is 2.32. The number of H-pyrrole nitrogens is 1. The Morgan fingerprint density at radius 3 is 2.38 bits per heavy atom. The van der Waals surface area contributed by atoms with Crippen LogP contribution in [0.15, 0.2) is 24.3 Å². The standard InChI is InChI=1S/C22H25FN2O4/c1-4-29-22(28)17-14(3)24-19(18(17)15-5-7-16(23)8-6-15)20(26)21(27)25-11-9-13(2)10-12-25/h5-8,13,24H,4,9-12H2,1-3H3. The molecule has 0 radical (unpaired) electrons. The van der Waals surface area contributed by atoms with E-state index in [1.54, 1.807) is 18.7 Å². The van der Waals surface area contributed by atoms with Gasteiger partial charge >= 0.3 is 5.97 Å². The Bertz CT molecular complexity index is 925. The number of ether oxygens (including phenoxy) is 1. The normalized spacial score (nSPS) is 14.7. The minimum absolute atomic E-state index is 0.0285. The second-order valence-electron chi connectivity index (χ2n) is 7.41. The smallest absolute Gasteiger partial charge is 0.340 e. The van der Waals surface area contributed by atoms with Crippen LogP contribution in [0.1, 0.15) is 53.2 Å². The van der Waals surface area contributed by atoms with Crippen LogP contribution in [0.2, 0.25) is 0 Å². The summed E-state index contributed by atoms with van der Waals surface area (Å²) in [5.74, 6) is -1.83. The number of carbonyl (C=O) groups excluding carboxylic acids is 3. The van der Waals surface area contributed by atoms with Gasteiger partial charge in [0.15, 0.2) is 0 Å². The number of benzene rings is 1. The van der Waals surface area contributed by atoms with Gasteiger partial charge in [-0.3, -0.25) is 9.59 Å². The number of amides is 1. The highest BCUT2D eigenvalue weighted by atomic mass is 19.1. The second kappa shape index (κ2) is 8.59. The van der Waals surface area contributed by atoms with Crippen molar-refractivity contribution in [3.63, 3.8) is 0 Å². The van der Waals surface area contributed by atoms with Crippen LogP contribution in [0.4, 0.5) is 4.39 Å². The molecule has 2 heterocycles. The highest BCUT2D eigenvalue weighted by molar-refractivity contribution is 6.43. The van der Waals surface area contributed by atoms with Gasteiger partial charge in [0.1, 0.15) is 11.5 Å². The van der Waals surface area contributed by atoms with Crippen molar-refractivity contribution in [3.8, 4) is 11.1 Å². The van der Waals surface area contributed by atoms with E-state index < -0.39 is 23.5 Å². The molecule has 29 heavy (non-hydrogen) atoms. The van der Waals surface area contributed by atoms with E-state index in [9.17, 15) is 18.8 Å². The number of nitrogens with zero attached hydrogens (tertiary/aromatic N) is 1. The highest BCUT2D eigenvalue weighted by Gasteiger charge is 2.33. The van der Waals surface area contributed by atoms with Crippen molar-refractivity contribution >= 4 is 17.7 Å². The van der Waals surface area contributed by atoms with Gasteiger partial charge in [0.2, 0.25) is 0 Å². The van der Waals surface area contributed by atoms with Crippen molar-refractivity contribution in [3.05, 3.63) is 47.0 Å². The van der Waals surface area contributed by atoms with Gasteiger partial charge in [-0.1, -0.05) is 19.1 Å². The summed E-state index contributed by atoms with van der Waals surface area (Å²) in [5.41, 5.74) is 1.36. The zero-order chi connectivity index (χ0) is 21.1. The monoisotopic (exact) mass is 400 g/mol. The molecule has 0 spiro atoms. The van der Waals surface area contributed by atoms with Crippen molar-refractivity contribution < 1.29 is 23.5 Å². The van der Waals surface area contributed by atoms with Crippen molar-refractivity contribution in [1.29, 1.82) is 0 Å². The number of hydrogen-bond acceptors (Lipinski definition) is 4. The lowest BCUT2D eigenvalue weighted by atomic mass is 9.96. The first-order chi connectivity index (χ1) is 13.8. The van der Waals surface area contributed by atoms with Crippen LogP contribution in [-0.4, -0.2) is 47.2 Å². The Morgan fingerprint density at radius 2 is 1.79 bits per heavy atom. The Kier molecular flexibility index (Phi) is 6.15. The number of rotatable bonds is 5. The van der Waals surface area contributed by atoms with Crippen LogP contribution >= 0.6 is 0 Å². The first-order valence-electron chi connectivity index (χ1n) is 9.82. The van der Waals surface area contributed by atoms with E-state index >= 15 is 0 Å². The quantitative estimate of drug-likeness (QED) is 0.471. The lowest BCUT2D eigenvalue weighted by Gasteiger charge is -2.29. The minimum atomic E-state index is -0.711. The average Bonchev–Trinajstić information content (AvgIpc) is 3.05. The number of esters is 1. The molecule has 0 bridgehead atoms. The van der Waals surface area contributed by atoms with Crippen molar-refractivity contribution in [2.45, 2.75) is 33.6 Å². The molecule has 0 atom stereocenters. The third kappa shape index (κ3) is 4.23. The van der Waals surface area contributed by atoms with Gasteiger partial charge in [0.25, 0.3) is 11.7 Å². The average molecular weight is 400 g/mol. The lowest BCUT2D eigenvalue weighted by Crippen LogP contribution is -2.42. The van der Waals surface area contributed by atoms with Gasteiger partial charge in [-0.05, 0) is 50.3 Å². The first kappa shape index (κ1) is 20.8. The Labute approximate surface area is 169 Å². The van der Waals surface area contributed by atoms with E-state index in [2.05, 4.69) is 11.9 Å². The number of hydrogen-bond donors (Lipinski definition) is 1. The number of piperidine rings is 1. The van der Waals surface area contributed by atoms with Crippen LogP contribution in [0.5, 0.6) is 0 Å². The molecule has 1 aromatic heterocycles. The number of ketones is 1. The zero-order valence-electron chi connectivity index (χ0n) is 16.9. The number of nitrogens with one attached hydrogen (secondary N) is 1. The number of aromatic amines is 1. The molecule has 1 aliphatic heterocycles. The molecule has 0 saturated carbocycles. The molecular formula is C22H25FN2O4. The third-order valence-electron chi connectivity index (χ3n) is 5.29. The SMILES string of the molecule is CCOC(=O)c1c(C)[nH]c(C(=O)C(=O)N2CCC(C)CC2)c1-c1ccc(F)cc1.